The van der Waals surface area contributed by atoms with Gasteiger partial charge in [0.25, 0.3) is 5.91 Å². The fraction of sp³-hybridized carbons (Fsp3) is 0.136. The number of rotatable bonds is 5. The molecule has 2 aromatic carbocycles. The molecule has 2 heterocycles. The lowest BCUT2D eigenvalue weighted by molar-refractivity contribution is -0.112. The first-order valence-corrected chi connectivity index (χ1v) is 13.0. The van der Waals surface area contributed by atoms with Gasteiger partial charge in [0.05, 0.1) is 21.2 Å². The van der Waals surface area contributed by atoms with Crippen molar-refractivity contribution in [3.8, 4) is 0 Å². The molecule has 154 valence electrons. The highest BCUT2D eigenvalue weighted by molar-refractivity contribution is 8.04. The molecule has 0 spiro atoms. The summed E-state index contributed by atoms with van der Waals surface area (Å²) < 4.78 is 26.2. The minimum absolute atomic E-state index is 0.162. The topological polar surface area (TPSA) is 63.2 Å². The lowest BCUT2D eigenvalue weighted by Gasteiger charge is -2.19. The van der Waals surface area contributed by atoms with Gasteiger partial charge in [-0.3, -0.25) is 4.79 Å². The van der Waals surface area contributed by atoms with Crippen molar-refractivity contribution >= 4 is 62.2 Å². The normalized spacial score (nSPS) is 15.1. The second-order valence-corrected chi connectivity index (χ2v) is 11.2. The molecule has 8 heteroatoms. The van der Waals surface area contributed by atoms with Gasteiger partial charge in [-0.15, -0.1) is 11.3 Å². The smallest absolute Gasteiger partial charge is 0.262 e. The maximum atomic E-state index is 13.1. The highest BCUT2D eigenvalue weighted by Crippen LogP contribution is 2.40. The number of carbonyl (C=O) groups excluding carboxylic acids is 1. The van der Waals surface area contributed by atoms with E-state index in [9.17, 15) is 13.2 Å². The van der Waals surface area contributed by atoms with Gasteiger partial charge in [-0.1, -0.05) is 48.5 Å². The first-order chi connectivity index (χ1) is 14.4. The molecule has 30 heavy (non-hydrogen) atoms. The molecular formula is C22H18ClNO3S3. The summed E-state index contributed by atoms with van der Waals surface area (Å²) in [4.78, 5) is 15.0. The number of nitrogens with one attached hydrogen (secondary N) is 1. The number of sulfone groups is 1. The first kappa shape index (κ1) is 21.2. The van der Waals surface area contributed by atoms with Crippen LogP contribution in [0, 0.1) is 0 Å². The van der Waals surface area contributed by atoms with Crippen molar-refractivity contribution in [2.24, 2.45) is 0 Å². The molecule has 1 aliphatic heterocycles. The molecule has 0 radical (unpaired) electrons. The lowest BCUT2D eigenvalue weighted by atomic mass is 10.1. The lowest BCUT2D eigenvalue weighted by Crippen LogP contribution is -2.18. The summed E-state index contributed by atoms with van der Waals surface area (Å²) in [6.07, 6.45) is 2.53. The summed E-state index contributed by atoms with van der Waals surface area (Å²) >= 11 is 9.17. The second kappa shape index (κ2) is 8.59. The van der Waals surface area contributed by atoms with Crippen LogP contribution in [-0.2, 0) is 26.8 Å². The average molecular weight is 476 g/mol. The van der Waals surface area contributed by atoms with Crippen LogP contribution in [0.25, 0.3) is 6.08 Å². The van der Waals surface area contributed by atoms with E-state index in [1.165, 1.54) is 17.8 Å². The molecule has 4 rings (SSSR count). The molecule has 1 amide bonds. The number of halogens is 1. The molecule has 1 N–H and O–H groups in total. The zero-order valence-corrected chi connectivity index (χ0v) is 19.2. The number of carbonyl (C=O) groups is 1. The number of hydrogen-bond donors (Lipinski definition) is 1. The number of benzene rings is 2. The quantitative estimate of drug-likeness (QED) is 0.458. The van der Waals surface area contributed by atoms with Crippen LogP contribution < -0.4 is 5.32 Å². The number of aryl methyl sites for hydroxylation is 1. The molecule has 0 aliphatic carbocycles. The van der Waals surface area contributed by atoms with Crippen molar-refractivity contribution < 1.29 is 13.2 Å². The van der Waals surface area contributed by atoms with Gasteiger partial charge in [-0.2, -0.15) is 0 Å². The van der Waals surface area contributed by atoms with Gasteiger partial charge in [0.1, 0.15) is 0 Å². The molecule has 0 fully saturated rings. The molecule has 1 aliphatic rings. The number of thioether (sulfide) groups is 1. The molecule has 0 bridgehead atoms. The van der Waals surface area contributed by atoms with E-state index in [1.807, 2.05) is 42.6 Å². The Morgan fingerprint density at radius 3 is 2.70 bits per heavy atom. The van der Waals surface area contributed by atoms with Crippen molar-refractivity contribution in [1.82, 2.24) is 0 Å². The fourth-order valence-electron chi connectivity index (χ4n) is 3.21. The molecule has 0 unspecified atom stereocenters. The zero-order chi connectivity index (χ0) is 21.3. The highest BCUT2D eigenvalue weighted by atomic mass is 35.5. The highest BCUT2D eigenvalue weighted by Gasteiger charge is 2.25. The molecule has 0 saturated carbocycles. The Morgan fingerprint density at radius 2 is 1.97 bits per heavy atom. The van der Waals surface area contributed by atoms with E-state index in [0.717, 1.165) is 15.3 Å². The van der Waals surface area contributed by atoms with Crippen LogP contribution in [0.4, 0.5) is 5.69 Å². The van der Waals surface area contributed by atoms with Crippen molar-refractivity contribution in [2.75, 3.05) is 5.32 Å². The summed E-state index contributed by atoms with van der Waals surface area (Å²) in [6, 6.07) is 14.1. The van der Waals surface area contributed by atoms with E-state index in [2.05, 4.69) is 5.32 Å². The summed E-state index contributed by atoms with van der Waals surface area (Å²) in [6.45, 7) is 1.97. The van der Waals surface area contributed by atoms with E-state index in [4.69, 9.17) is 11.6 Å². The zero-order valence-electron chi connectivity index (χ0n) is 16.0. The monoisotopic (exact) mass is 475 g/mol. The fourth-order valence-corrected chi connectivity index (χ4v) is 6.66. The van der Waals surface area contributed by atoms with E-state index < -0.39 is 9.84 Å². The average Bonchev–Trinajstić information content (AvgIpc) is 3.23. The van der Waals surface area contributed by atoms with Crippen molar-refractivity contribution in [3.05, 3.63) is 79.8 Å². The van der Waals surface area contributed by atoms with Gasteiger partial charge in [0, 0.05) is 14.8 Å². The van der Waals surface area contributed by atoms with Crippen LogP contribution in [0.15, 0.2) is 68.6 Å². The minimum Gasteiger partial charge on any atom is -0.320 e. The Morgan fingerprint density at radius 1 is 1.13 bits per heavy atom. The summed E-state index contributed by atoms with van der Waals surface area (Å²) in [5.41, 5.74) is 2.04. The number of amides is 1. The number of fused-ring (bicyclic) bond motifs is 1. The Labute approximate surface area is 188 Å². The molecule has 4 nitrogen and oxygen atoms in total. The Kier molecular flexibility index (Phi) is 6.06. The van der Waals surface area contributed by atoms with Crippen LogP contribution in [0.5, 0.6) is 0 Å². The summed E-state index contributed by atoms with van der Waals surface area (Å²) in [5, 5.41) is 5.22. The first-order valence-electron chi connectivity index (χ1n) is 9.25. The maximum Gasteiger partial charge on any atom is 0.262 e. The molecular weight excluding hydrogens is 458 g/mol. The van der Waals surface area contributed by atoms with Crippen LogP contribution >= 0.6 is 34.7 Å². The van der Waals surface area contributed by atoms with Crippen molar-refractivity contribution in [2.45, 2.75) is 28.9 Å². The third kappa shape index (κ3) is 4.34. The van der Waals surface area contributed by atoms with Gasteiger partial charge in [-0.25, -0.2) is 8.42 Å². The predicted octanol–water partition coefficient (Wildman–Crippen LogP) is 6.02. The molecule has 1 aromatic heterocycles. The van der Waals surface area contributed by atoms with Crippen molar-refractivity contribution in [3.63, 3.8) is 0 Å². The van der Waals surface area contributed by atoms with Gasteiger partial charge in [0.2, 0.25) is 0 Å². The van der Waals surface area contributed by atoms with Gasteiger partial charge in [0.15, 0.2) is 9.84 Å². The predicted molar refractivity (Wildman–Crippen MR) is 125 cm³/mol. The number of thiophene rings is 1. The standard InChI is InChI=1S/C22H18ClNO3S3/c1-2-14-5-3-7-18(23)17(14)13-30(26,27)16-8-9-20-19(12-16)24-22(25)21(29-20)11-15-6-4-10-28-15/h3-12H,2,13H2,1H3,(H,24,25)/b21-11-. The summed E-state index contributed by atoms with van der Waals surface area (Å²) in [5.74, 6) is -0.422. The van der Waals surface area contributed by atoms with Crippen LogP contribution in [0.1, 0.15) is 22.9 Å². The van der Waals surface area contributed by atoms with Crippen LogP contribution in [0.3, 0.4) is 0 Å². The third-order valence-corrected chi connectivity index (χ3v) is 8.66. The third-order valence-electron chi connectivity index (χ3n) is 4.75. The van der Waals surface area contributed by atoms with E-state index in [1.54, 1.807) is 29.5 Å². The second-order valence-electron chi connectivity index (χ2n) is 6.73. The van der Waals surface area contributed by atoms with Gasteiger partial charge < -0.3 is 5.32 Å². The van der Waals surface area contributed by atoms with E-state index in [-0.39, 0.29) is 16.6 Å². The van der Waals surface area contributed by atoms with Crippen molar-refractivity contribution in [1.29, 1.82) is 0 Å². The van der Waals surface area contributed by atoms with Crippen LogP contribution in [-0.4, -0.2) is 14.3 Å². The van der Waals surface area contributed by atoms with Crippen LogP contribution in [0.2, 0.25) is 5.02 Å². The van der Waals surface area contributed by atoms with Gasteiger partial charge in [-0.05, 0) is 59.3 Å². The largest absolute Gasteiger partial charge is 0.320 e. The van der Waals surface area contributed by atoms with Gasteiger partial charge >= 0.3 is 0 Å². The number of anilines is 1. The SMILES string of the molecule is CCc1cccc(Cl)c1CS(=O)(=O)c1ccc2c(c1)NC(=O)/C(=C/c1cccs1)S2. The number of hydrogen-bond acceptors (Lipinski definition) is 5. The van der Waals surface area contributed by atoms with E-state index in [0.29, 0.717) is 27.6 Å². The minimum atomic E-state index is -3.63. The Balaban J connectivity index is 1.64. The maximum absolute atomic E-state index is 13.1. The Hall–Kier alpha value is -2.06. The Bertz CT molecular complexity index is 1250. The molecule has 3 aromatic rings. The van der Waals surface area contributed by atoms with E-state index >= 15 is 0 Å². The molecule has 0 saturated heterocycles. The summed E-state index contributed by atoms with van der Waals surface area (Å²) in [7, 11) is -3.63. The molecule has 0 atom stereocenters.